The van der Waals surface area contributed by atoms with E-state index in [4.69, 9.17) is 21.7 Å². The van der Waals surface area contributed by atoms with Gasteiger partial charge in [-0.3, -0.25) is 4.90 Å². The van der Waals surface area contributed by atoms with Gasteiger partial charge in [0.1, 0.15) is 16.6 Å². The van der Waals surface area contributed by atoms with Crippen LogP contribution in [-0.4, -0.2) is 48.2 Å². The second kappa shape index (κ2) is 7.61. The van der Waals surface area contributed by atoms with Gasteiger partial charge in [0.15, 0.2) is 0 Å². The Labute approximate surface area is 132 Å². The van der Waals surface area contributed by atoms with Crippen molar-refractivity contribution in [2.24, 2.45) is 0 Å². The van der Waals surface area contributed by atoms with Gasteiger partial charge in [0.05, 0.1) is 23.4 Å². The maximum Gasteiger partial charge on any atom is 0.144 e. The van der Waals surface area contributed by atoms with Gasteiger partial charge in [-0.15, -0.1) is 0 Å². The molecular formula is C13H20BrN3O2S. The number of halogens is 1. The van der Waals surface area contributed by atoms with Crippen molar-refractivity contribution >= 4 is 28.1 Å². The lowest BCUT2D eigenvalue weighted by molar-refractivity contribution is -0.0345. The highest BCUT2D eigenvalue weighted by Gasteiger charge is 2.24. The number of H-pyrrole nitrogens is 1. The zero-order valence-electron chi connectivity index (χ0n) is 11.8. The molecule has 2 heterocycles. The lowest BCUT2D eigenvalue weighted by atomic mass is 10.2. The van der Waals surface area contributed by atoms with Gasteiger partial charge in [0.2, 0.25) is 0 Å². The Morgan fingerprint density at radius 1 is 1.60 bits per heavy atom. The lowest BCUT2D eigenvalue weighted by Crippen LogP contribution is -2.39. The highest BCUT2D eigenvalue weighted by atomic mass is 79.9. The van der Waals surface area contributed by atoms with Crippen LogP contribution in [0.1, 0.15) is 31.0 Å². The predicted octanol–water partition coefficient (Wildman–Crippen LogP) is 2.83. The number of rotatable bonds is 5. The summed E-state index contributed by atoms with van der Waals surface area (Å²) >= 11 is 8.74. The summed E-state index contributed by atoms with van der Waals surface area (Å²) < 4.78 is 12.3. The second-order valence-electron chi connectivity index (χ2n) is 4.81. The molecule has 0 aliphatic carbocycles. The molecule has 2 rings (SSSR count). The number of hydrogen-bond donors (Lipinski definition) is 1. The maximum absolute atomic E-state index is 5.83. The first-order valence-electron chi connectivity index (χ1n) is 6.77. The van der Waals surface area contributed by atoms with Crippen molar-refractivity contribution in [1.29, 1.82) is 0 Å². The zero-order chi connectivity index (χ0) is 14.5. The third-order valence-corrected chi connectivity index (χ3v) is 4.65. The lowest BCUT2D eigenvalue weighted by Gasteiger charge is -2.32. The molecule has 112 valence electrons. The number of nitrogens with one attached hydrogen (secondary N) is 1. The fourth-order valence-electron chi connectivity index (χ4n) is 2.31. The minimum absolute atomic E-state index is 0.0549. The van der Waals surface area contributed by atoms with Crippen LogP contribution in [0.25, 0.3) is 0 Å². The number of aromatic amines is 1. The zero-order valence-corrected chi connectivity index (χ0v) is 14.2. The number of nitrogens with zero attached hydrogens (tertiary/aromatic N) is 2. The van der Waals surface area contributed by atoms with Gasteiger partial charge in [-0.05, 0) is 28.9 Å². The number of ether oxygens (including phenoxy) is 2. The molecule has 1 aromatic heterocycles. The normalized spacial score (nSPS) is 20.2. The molecule has 0 spiro atoms. The van der Waals surface area contributed by atoms with E-state index < -0.39 is 0 Å². The van der Waals surface area contributed by atoms with Crippen LogP contribution in [0.4, 0.5) is 0 Å². The monoisotopic (exact) mass is 361 g/mol. The fraction of sp³-hybridized carbons (Fsp3) is 0.692. The molecule has 1 saturated heterocycles. The van der Waals surface area contributed by atoms with Gasteiger partial charge >= 0.3 is 0 Å². The van der Waals surface area contributed by atoms with Crippen LogP contribution in [0.3, 0.4) is 0 Å². The Balaban J connectivity index is 2.21. The molecule has 0 bridgehead atoms. The SMILES string of the molecule is CCCN1CCOC(c2nc(=S)c(Br)c(COC)[nH]2)C1. The largest absolute Gasteiger partial charge is 0.378 e. The Hall–Kier alpha value is -0.340. The number of aromatic nitrogens is 2. The second-order valence-corrected chi connectivity index (χ2v) is 5.99. The summed E-state index contributed by atoms with van der Waals surface area (Å²) in [6.45, 7) is 6.29. The summed E-state index contributed by atoms with van der Waals surface area (Å²) in [7, 11) is 1.66. The average Bonchev–Trinajstić information content (AvgIpc) is 2.44. The van der Waals surface area contributed by atoms with Crippen LogP contribution in [0, 0.1) is 4.64 Å². The first kappa shape index (κ1) is 16.0. The molecule has 7 heteroatoms. The molecule has 1 atom stereocenters. The first-order valence-corrected chi connectivity index (χ1v) is 7.97. The molecule has 1 aromatic rings. The number of methoxy groups -OCH3 is 1. The number of hydrogen-bond acceptors (Lipinski definition) is 5. The van der Waals surface area contributed by atoms with Gasteiger partial charge in [-0.1, -0.05) is 19.1 Å². The maximum atomic E-state index is 5.83. The van der Waals surface area contributed by atoms with Crippen LogP contribution in [0.15, 0.2) is 4.47 Å². The van der Waals surface area contributed by atoms with Gasteiger partial charge < -0.3 is 14.5 Å². The van der Waals surface area contributed by atoms with Crippen LogP contribution in [0.2, 0.25) is 0 Å². The molecule has 1 fully saturated rings. The van der Waals surface area contributed by atoms with Crippen molar-refractivity contribution in [3.05, 3.63) is 20.6 Å². The van der Waals surface area contributed by atoms with Crippen molar-refractivity contribution in [3.63, 3.8) is 0 Å². The Bertz CT molecular complexity index is 507. The van der Waals surface area contributed by atoms with E-state index in [1.54, 1.807) is 7.11 Å². The molecule has 20 heavy (non-hydrogen) atoms. The van der Waals surface area contributed by atoms with Crippen LogP contribution in [-0.2, 0) is 16.1 Å². The van der Waals surface area contributed by atoms with E-state index in [9.17, 15) is 0 Å². The summed E-state index contributed by atoms with van der Waals surface area (Å²) in [5.41, 5.74) is 0.902. The predicted molar refractivity (Wildman–Crippen MR) is 83.3 cm³/mol. The Morgan fingerprint density at radius 3 is 3.10 bits per heavy atom. The van der Waals surface area contributed by atoms with Crippen molar-refractivity contribution in [1.82, 2.24) is 14.9 Å². The van der Waals surface area contributed by atoms with Gasteiger partial charge in [0.25, 0.3) is 0 Å². The quantitative estimate of drug-likeness (QED) is 0.817. The highest BCUT2D eigenvalue weighted by Crippen LogP contribution is 2.23. The van der Waals surface area contributed by atoms with E-state index in [0.717, 1.165) is 48.7 Å². The van der Waals surface area contributed by atoms with E-state index >= 15 is 0 Å². The molecule has 1 aliphatic rings. The van der Waals surface area contributed by atoms with Crippen molar-refractivity contribution in [3.8, 4) is 0 Å². The van der Waals surface area contributed by atoms with Crippen molar-refractivity contribution < 1.29 is 9.47 Å². The van der Waals surface area contributed by atoms with E-state index in [1.807, 2.05) is 0 Å². The van der Waals surface area contributed by atoms with E-state index in [2.05, 4.69) is 37.7 Å². The topological polar surface area (TPSA) is 50.4 Å². The van der Waals surface area contributed by atoms with Crippen molar-refractivity contribution in [2.45, 2.75) is 26.1 Å². The van der Waals surface area contributed by atoms with Gasteiger partial charge in [0, 0.05) is 20.2 Å². The smallest absolute Gasteiger partial charge is 0.144 e. The molecule has 0 saturated carbocycles. The minimum Gasteiger partial charge on any atom is -0.378 e. The molecule has 5 nitrogen and oxygen atoms in total. The van der Waals surface area contributed by atoms with E-state index in [0.29, 0.717) is 11.2 Å². The third-order valence-electron chi connectivity index (χ3n) is 3.24. The fourth-order valence-corrected chi connectivity index (χ4v) is 2.83. The minimum atomic E-state index is -0.0549. The van der Waals surface area contributed by atoms with Gasteiger partial charge in [-0.25, -0.2) is 4.98 Å². The summed E-state index contributed by atoms with van der Waals surface area (Å²) in [5.74, 6) is 0.783. The molecule has 1 aliphatic heterocycles. The summed E-state index contributed by atoms with van der Waals surface area (Å²) in [5, 5.41) is 0. The van der Waals surface area contributed by atoms with Crippen LogP contribution < -0.4 is 0 Å². The van der Waals surface area contributed by atoms with E-state index in [1.165, 1.54) is 0 Å². The average molecular weight is 362 g/mol. The standard InChI is InChI=1S/C13H20BrN3O2S/c1-3-4-17-5-6-19-10(7-17)12-15-9(8-18-2)11(14)13(20)16-12/h10H,3-8H2,1-2H3,(H,15,16,20). The van der Waals surface area contributed by atoms with Gasteiger partial charge in [-0.2, -0.15) is 0 Å². The highest BCUT2D eigenvalue weighted by molar-refractivity contribution is 9.10. The first-order chi connectivity index (χ1) is 9.65. The summed E-state index contributed by atoms with van der Waals surface area (Å²) in [6, 6.07) is 0. The molecule has 1 unspecified atom stereocenters. The Morgan fingerprint density at radius 2 is 2.40 bits per heavy atom. The van der Waals surface area contributed by atoms with Crippen LogP contribution in [0.5, 0.6) is 0 Å². The molecule has 0 radical (unpaired) electrons. The van der Waals surface area contributed by atoms with Crippen LogP contribution >= 0.6 is 28.1 Å². The Kier molecular flexibility index (Phi) is 6.10. The molecule has 1 N–H and O–H groups in total. The van der Waals surface area contributed by atoms with E-state index in [-0.39, 0.29) is 6.10 Å². The molecule has 0 amide bonds. The number of morpholine rings is 1. The summed E-state index contributed by atoms with van der Waals surface area (Å²) in [6.07, 6.45) is 1.09. The molecular weight excluding hydrogens is 342 g/mol. The third kappa shape index (κ3) is 3.85. The van der Waals surface area contributed by atoms with Crippen molar-refractivity contribution in [2.75, 3.05) is 33.4 Å². The summed E-state index contributed by atoms with van der Waals surface area (Å²) in [4.78, 5) is 10.1. The molecule has 0 aromatic carbocycles.